The summed E-state index contributed by atoms with van der Waals surface area (Å²) in [5.41, 5.74) is 0.425. The van der Waals surface area contributed by atoms with Crippen molar-refractivity contribution in [1.29, 1.82) is 0 Å². The Morgan fingerprint density at radius 3 is 2.40 bits per heavy atom. The van der Waals surface area contributed by atoms with Gasteiger partial charge in [-0.15, -0.1) is 10.2 Å². The number of rotatable bonds is 5. The van der Waals surface area contributed by atoms with Gasteiger partial charge in [-0.1, -0.05) is 40.9 Å². The van der Waals surface area contributed by atoms with Crippen LogP contribution in [0.2, 0.25) is 0 Å². The number of amides is 1. The van der Waals surface area contributed by atoms with Crippen molar-refractivity contribution in [3.8, 4) is 0 Å². The Morgan fingerprint density at radius 2 is 1.76 bits per heavy atom. The molecule has 0 atom stereocenters. The molecule has 2 aromatic heterocycles. The molecule has 8 nitrogen and oxygen atoms in total. The third kappa shape index (κ3) is 4.00. The molecule has 0 aliphatic rings. The number of hydrogen-bond acceptors (Lipinski definition) is 8. The van der Waals surface area contributed by atoms with Crippen LogP contribution in [0.3, 0.4) is 0 Å². The maximum absolute atomic E-state index is 12.3. The normalized spacial score (nSPS) is 11.3. The fourth-order valence-corrected chi connectivity index (χ4v) is 4.63. The largest absolute Gasteiger partial charge is 0.296 e. The average molecular weight is 395 g/mol. The van der Waals surface area contributed by atoms with E-state index >= 15 is 0 Å². The van der Waals surface area contributed by atoms with E-state index in [1.807, 2.05) is 0 Å². The van der Waals surface area contributed by atoms with Crippen LogP contribution in [0.4, 0.5) is 10.3 Å². The zero-order chi connectivity index (χ0) is 18.0. The molecule has 2 heterocycles. The number of hydrogen-bond donors (Lipinski definition) is 2. The summed E-state index contributed by atoms with van der Waals surface area (Å²) in [4.78, 5) is 16.9. The molecule has 3 aromatic rings. The van der Waals surface area contributed by atoms with Crippen LogP contribution < -0.4 is 10.0 Å². The molecule has 1 aromatic carbocycles. The first-order valence-electron chi connectivity index (χ1n) is 7.02. The van der Waals surface area contributed by atoms with Gasteiger partial charge in [0, 0.05) is 0 Å². The average Bonchev–Trinajstić information content (AvgIpc) is 3.13. The number of carbonyl (C=O) groups is 1. The minimum absolute atomic E-state index is 0.123. The molecule has 2 N–H and O–H groups in total. The second-order valence-corrected chi connectivity index (χ2v) is 8.80. The number of anilines is 2. The number of benzene rings is 1. The number of nitrogens with zero attached hydrogens (tertiary/aromatic N) is 3. The van der Waals surface area contributed by atoms with Gasteiger partial charge in [-0.2, -0.15) is 0 Å². The van der Waals surface area contributed by atoms with Gasteiger partial charge >= 0.3 is 0 Å². The van der Waals surface area contributed by atoms with E-state index in [-0.39, 0.29) is 10.0 Å². The van der Waals surface area contributed by atoms with Crippen molar-refractivity contribution < 1.29 is 13.2 Å². The predicted molar refractivity (Wildman–Crippen MR) is 96.7 cm³/mol. The quantitative estimate of drug-likeness (QED) is 0.686. The number of sulfonamides is 1. The first kappa shape index (κ1) is 17.5. The number of carbonyl (C=O) groups excluding carboxylic acids is 1. The second kappa shape index (κ2) is 6.86. The van der Waals surface area contributed by atoms with E-state index in [0.29, 0.717) is 15.7 Å². The lowest BCUT2D eigenvalue weighted by Gasteiger charge is -2.04. The third-order valence-corrected chi connectivity index (χ3v) is 6.33. The predicted octanol–water partition coefficient (Wildman–Crippen LogP) is 2.66. The summed E-state index contributed by atoms with van der Waals surface area (Å²) in [6.07, 6.45) is 0. The van der Waals surface area contributed by atoms with Crippen molar-refractivity contribution in [2.45, 2.75) is 18.7 Å². The molecule has 11 heteroatoms. The molecule has 0 saturated carbocycles. The van der Waals surface area contributed by atoms with E-state index in [9.17, 15) is 13.2 Å². The van der Waals surface area contributed by atoms with Crippen LogP contribution in [0, 0.1) is 13.8 Å². The van der Waals surface area contributed by atoms with Gasteiger partial charge in [0.2, 0.25) is 5.13 Å². The minimum Gasteiger partial charge on any atom is -0.296 e. The van der Waals surface area contributed by atoms with E-state index in [1.54, 1.807) is 32.0 Å². The summed E-state index contributed by atoms with van der Waals surface area (Å²) < 4.78 is 27.0. The van der Waals surface area contributed by atoms with Gasteiger partial charge in [-0.25, -0.2) is 13.4 Å². The highest BCUT2D eigenvalue weighted by molar-refractivity contribution is 7.93. The van der Waals surface area contributed by atoms with E-state index < -0.39 is 15.9 Å². The van der Waals surface area contributed by atoms with Crippen molar-refractivity contribution in [1.82, 2.24) is 15.2 Å². The van der Waals surface area contributed by atoms with Crippen LogP contribution in [-0.4, -0.2) is 29.5 Å². The lowest BCUT2D eigenvalue weighted by Crippen LogP contribution is -2.12. The van der Waals surface area contributed by atoms with Crippen LogP contribution in [0.5, 0.6) is 0 Å². The molecular formula is C14H13N5O3S3. The maximum Gasteiger partial charge on any atom is 0.269 e. The first-order chi connectivity index (χ1) is 11.8. The summed E-state index contributed by atoms with van der Waals surface area (Å²) >= 11 is 2.21. The van der Waals surface area contributed by atoms with Crippen LogP contribution in [0.25, 0.3) is 0 Å². The van der Waals surface area contributed by atoms with Crippen molar-refractivity contribution in [3.63, 3.8) is 0 Å². The summed E-state index contributed by atoms with van der Waals surface area (Å²) in [6.45, 7) is 3.42. The Morgan fingerprint density at radius 1 is 1.04 bits per heavy atom. The molecule has 0 bridgehead atoms. The monoisotopic (exact) mass is 395 g/mol. The molecule has 0 aliphatic carbocycles. The van der Waals surface area contributed by atoms with Crippen molar-refractivity contribution in [2.75, 3.05) is 10.0 Å². The third-order valence-electron chi connectivity index (χ3n) is 3.02. The molecule has 25 heavy (non-hydrogen) atoms. The SMILES string of the molecule is Cc1nnc(NC(=O)c2sc(NS(=O)(=O)c3ccccc3)nc2C)s1. The Balaban J connectivity index is 1.79. The highest BCUT2D eigenvalue weighted by atomic mass is 32.2. The number of aryl methyl sites for hydroxylation is 2. The first-order valence-corrected chi connectivity index (χ1v) is 10.1. The van der Waals surface area contributed by atoms with Crippen molar-refractivity contribution in [2.24, 2.45) is 0 Å². The van der Waals surface area contributed by atoms with E-state index in [2.05, 4.69) is 25.2 Å². The van der Waals surface area contributed by atoms with E-state index in [1.165, 1.54) is 23.5 Å². The molecule has 1 amide bonds. The Labute approximate surface area is 152 Å². The Hall–Kier alpha value is -2.37. The maximum atomic E-state index is 12.3. The number of aromatic nitrogens is 3. The van der Waals surface area contributed by atoms with Gasteiger partial charge in [0.1, 0.15) is 9.88 Å². The van der Waals surface area contributed by atoms with Gasteiger partial charge < -0.3 is 0 Å². The Bertz CT molecular complexity index is 1010. The van der Waals surface area contributed by atoms with Crippen molar-refractivity contribution in [3.05, 3.63) is 45.9 Å². The van der Waals surface area contributed by atoms with Gasteiger partial charge in [0.15, 0.2) is 5.13 Å². The summed E-state index contributed by atoms with van der Waals surface area (Å²) in [7, 11) is -3.75. The summed E-state index contributed by atoms with van der Waals surface area (Å²) in [5.74, 6) is -0.406. The van der Waals surface area contributed by atoms with Gasteiger partial charge in [0.25, 0.3) is 15.9 Å². The highest BCUT2D eigenvalue weighted by Crippen LogP contribution is 2.26. The number of thiazole rings is 1. The van der Waals surface area contributed by atoms with E-state index in [4.69, 9.17) is 0 Å². The zero-order valence-electron chi connectivity index (χ0n) is 13.2. The fourth-order valence-electron chi connectivity index (χ4n) is 1.93. The molecule has 0 unspecified atom stereocenters. The topological polar surface area (TPSA) is 114 Å². The van der Waals surface area contributed by atoms with E-state index in [0.717, 1.165) is 16.3 Å². The van der Waals surface area contributed by atoms with Gasteiger partial charge in [-0.05, 0) is 26.0 Å². The van der Waals surface area contributed by atoms with Crippen LogP contribution in [0.1, 0.15) is 20.4 Å². The van der Waals surface area contributed by atoms with Gasteiger partial charge in [0.05, 0.1) is 10.6 Å². The molecule has 0 saturated heterocycles. The lowest BCUT2D eigenvalue weighted by atomic mass is 10.4. The number of nitrogens with one attached hydrogen (secondary N) is 2. The minimum atomic E-state index is -3.75. The highest BCUT2D eigenvalue weighted by Gasteiger charge is 2.20. The zero-order valence-corrected chi connectivity index (χ0v) is 15.6. The van der Waals surface area contributed by atoms with Crippen LogP contribution in [0.15, 0.2) is 35.2 Å². The smallest absolute Gasteiger partial charge is 0.269 e. The molecule has 3 rings (SSSR count). The van der Waals surface area contributed by atoms with Crippen LogP contribution >= 0.6 is 22.7 Å². The second-order valence-electron chi connectivity index (χ2n) is 4.93. The molecule has 0 fully saturated rings. The fraction of sp³-hybridized carbons (Fsp3) is 0.143. The molecule has 130 valence electrons. The molecule has 0 radical (unpaired) electrons. The lowest BCUT2D eigenvalue weighted by molar-refractivity contribution is 0.102. The van der Waals surface area contributed by atoms with Crippen LogP contribution in [-0.2, 0) is 10.0 Å². The Kier molecular flexibility index (Phi) is 4.79. The molecule has 0 aliphatic heterocycles. The summed E-state index contributed by atoms with van der Waals surface area (Å²) in [6, 6.07) is 7.95. The molecule has 0 spiro atoms. The standard InChI is InChI=1S/C14H13N5O3S3/c1-8-11(12(20)16-13-18-17-9(2)23-13)24-14(15-8)19-25(21,22)10-6-4-3-5-7-10/h3-7H,1-2H3,(H,15,19)(H,16,18,20). The molecular weight excluding hydrogens is 382 g/mol. The summed E-state index contributed by atoms with van der Waals surface area (Å²) in [5, 5.41) is 11.5. The van der Waals surface area contributed by atoms with Gasteiger partial charge in [-0.3, -0.25) is 14.8 Å². The van der Waals surface area contributed by atoms with Crippen molar-refractivity contribution >= 4 is 48.9 Å².